The Morgan fingerprint density at radius 2 is 1.94 bits per heavy atom. The van der Waals surface area contributed by atoms with Crippen molar-refractivity contribution in [2.75, 3.05) is 25.6 Å². The first kappa shape index (κ1) is 15.3. The fourth-order valence-electron chi connectivity index (χ4n) is 1.13. The van der Waals surface area contributed by atoms with Crippen LogP contribution in [0.15, 0.2) is 15.9 Å². The van der Waals surface area contributed by atoms with Crippen LogP contribution in [0.3, 0.4) is 0 Å². The summed E-state index contributed by atoms with van der Waals surface area (Å²) in [6, 6.07) is 1.68. The maximum Gasteiger partial charge on any atom is 0.237 e. The third-order valence-electron chi connectivity index (χ3n) is 2.06. The lowest BCUT2D eigenvalue weighted by Gasteiger charge is -2.09. The molecule has 0 N–H and O–H groups in total. The Labute approximate surface area is 118 Å². The van der Waals surface area contributed by atoms with Crippen molar-refractivity contribution in [1.82, 2.24) is 4.90 Å². The van der Waals surface area contributed by atoms with Crippen LogP contribution in [0.25, 0.3) is 0 Å². The Kier molecular flexibility index (Phi) is 5.06. The van der Waals surface area contributed by atoms with E-state index in [0.717, 1.165) is 0 Å². The smallest absolute Gasteiger partial charge is 0.237 e. The van der Waals surface area contributed by atoms with Gasteiger partial charge >= 0.3 is 0 Å². The van der Waals surface area contributed by atoms with E-state index >= 15 is 0 Å². The van der Waals surface area contributed by atoms with Gasteiger partial charge in [-0.1, -0.05) is 0 Å². The van der Waals surface area contributed by atoms with Crippen LogP contribution in [-0.4, -0.2) is 50.6 Å². The van der Waals surface area contributed by atoms with E-state index in [-0.39, 0.29) is 0 Å². The Bertz CT molecular complexity index is 562. The maximum atomic E-state index is 11.8. The van der Waals surface area contributed by atoms with Crippen molar-refractivity contribution in [3.8, 4) is 0 Å². The molecule has 0 unspecified atom stereocenters. The van der Waals surface area contributed by atoms with E-state index in [1.807, 2.05) is 0 Å². The molecule has 1 rings (SSSR count). The zero-order chi connectivity index (χ0) is 13.9. The van der Waals surface area contributed by atoms with Gasteiger partial charge < -0.3 is 4.90 Å². The molecule has 1 aromatic rings. The first-order chi connectivity index (χ1) is 8.23. The number of ketones is 1. The van der Waals surface area contributed by atoms with Crippen LogP contribution >= 0.6 is 27.3 Å². The van der Waals surface area contributed by atoms with E-state index in [0.29, 0.717) is 9.35 Å². The molecule has 0 fully saturated rings. The molecule has 0 aliphatic heterocycles. The molecule has 8 heteroatoms. The van der Waals surface area contributed by atoms with Crippen molar-refractivity contribution < 1.29 is 18.0 Å². The van der Waals surface area contributed by atoms with Crippen molar-refractivity contribution in [3.05, 3.63) is 20.8 Å². The number of sulfone groups is 1. The topological polar surface area (TPSA) is 71.5 Å². The highest BCUT2D eigenvalue weighted by Gasteiger charge is 2.24. The van der Waals surface area contributed by atoms with E-state index in [1.165, 1.54) is 30.3 Å². The summed E-state index contributed by atoms with van der Waals surface area (Å²) in [6.45, 7) is 0. The lowest BCUT2D eigenvalue weighted by molar-refractivity contribution is -0.125. The second kappa shape index (κ2) is 5.94. The normalized spacial score (nSPS) is 11.3. The summed E-state index contributed by atoms with van der Waals surface area (Å²) in [5, 5.41) is 1.69. The summed E-state index contributed by atoms with van der Waals surface area (Å²) < 4.78 is 23.9. The predicted molar refractivity (Wildman–Crippen MR) is 73.7 cm³/mol. The van der Waals surface area contributed by atoms with Gasteiger partial charge in [-0.3, -0.25) is 9.59 Å². The van der Waals surface area contributed by atoms with Gasteiger partial charge in [0.05, 0.1) is 4.88 Å². The highest BCUT2D eigenvalue weighted by Crippen LogP contribution is 2.23. The molecule has 1 aromatic heterocycles. The quantitative estimate of drug-likeness (QED) is 0.745. The molecule has 0 atom stereocenters. The third kappa shape index (κ3) is 4.18. The number of hydrogen-bond donors (Lipinski definition) is 0. The highest BCUT2D eigenvalue weighted by atomic mass is 79.9. The average molecular weight is 354 g/mol. The second-order valence-corrected chi connectivity index (χ2v) is 7.68. The second-order valence-electron chi connectivity index (χ2n) is 3.84. The van der Waals surface area contributed by atoms with Crippen LogP contribution in [0, 0.1) is 0 Å². The maximum absolute atomic E-state index is 11.8. The molecule has 0 bridgehead atoms. The summed E-state index contributed by atoms with van der Waals surface area (Å²) in [5.74, 6) is -2.32. The molecule has 0 spiro atoms. The summed E-state index contributed by atoms with van der Waals surface area (Å²) >= 11 is 4.34. The van der Waals surface area contributed by atoms with E-state index in [1.54, 1.807) is 11.4 Å². The van der Waals surface area contributed by atoms with Gasteiger partial charge in [-0.15, -0.1) is 11.3 Å². The SMILES string of the molecule is CN(C)C(=O)CS(=O)(=O)CC(=O)c1sccc1Br. The largest absolute Gasteiger partial charge is 0.348 e. The van der Waals surface area contributed by atoms with Crippen molar-refractivity contribution in [1.29, 1.82) is 0 Å². The van der Waals surface area contributed by atoms with E-state index in [9.17, 15) is 18.0 Å². The van der Waals surface area contributed by atoms with Gasteiger partial charge in [0.1, 0.15) is 11.5 Å². The van der Waals surface area contributed by atoms with Crippen LogP contribution in [0.1, 0.15) is 9.67 Å². The number of carbonyl (C=O) groups is 2. The van der Waals surface area contributed by atoms with Crippen LogP contribution in [-0.2, 0) is 14.6 Å². The number of nitrogens with zero attached hydrogens (tertiary/aromatic N) is 1. The van der Waals surface area contributed by atoms with Crippen LogP contribution in [0.5, 0.6) is 0 Å². The molecule has 1 amide bonds. The molecule has 5 nitrogen and oxygen atoms in total. The zero-order valence-electron chi connectivity index (χ0n) is 9.84. The van der Waals surface area contributed by atoms with Crippen molar-refractivity contribution in [2.24, 2.45) is 0 Å². The summed E-state index contributed by atoms with van der Waals surface area (Å²) in [4.78, 5) is 24.6. The minimum Gasteiger partial charge on any atom is -0.348 e. The molecule has 0 saturated heterocycles. The molecule has 0 saturated carbocycles. The van der Waals surface area contributed by atoms with Gasteiger partial charge in [0.15, 0.2) is 15.6 Å². The van der Waals surface area contributed by atoms with Gasteiger partial charge in [0.2, 0.25) is 5.91 Å². The molecule has 0 radical (unpaired) electrons. The monoisotopic (exact) mass is 353 g/mol. The van der Waals surface area contributed by atoms with Crippen LogP contribution < -0.4 is 0 Å². The molecule has 1 heterocycles. The van der Waals surface area contributed by atoms with Gasteiger partial charge in [-0.25, -0.2) is 8.42 Å². The number of Topliss-reactive ketones (excluding diaryl/α,β-unsaturated/α-hetero) is 1. The van der Waals surface area contributed by atoms with Gasteiger partial charge in [-0.05, 0) is 27.4 Å². The first-order valence-electron chi connectivity index (χ1n) is 4.89. The summed E-state index contributed by atoms with van der Waals surface area (Å²) in [7, 11) is -0.787. The number of thiophene rings is 1. The Morgan fingerprint density at radius 1 is 1.33 bits per heavy atom. The molecule has 18 heavy (non-hydrogen) atoms. The molecular formula is C10H12BrNO4S2. The lowest BCUT2D eigenvalue weighted by atomic mass is 10.3. The lowest BCUT2D eigenvalue weighted by Crippen LogP contribution is -2.31. The van der Waals surface area contributed by atoms with E-state index < -0.39 is 33.0 Å². The Morgan fingerprint density at radius 3 is 2.39 bits per heavy atom. The van der Waals surface area contributed by atoms with Crippen molar-refractivity contribution in [2.45, 2.75) is 0 Å². The first-order valence-corrected chi connectivity index (χ1v) is 8.39. The number of rotatable bonds is 5. The fourth-order valence-corrected chi connectivity index (χ4v) is 4.03. The molecule has 100 valence electrons. The third-order valence-corrected chi connectivity index (χ3v) is 5.33. The van der Waals surface area contributed by atoms with Gasteiger partial charge in [0, 0.05) is 18.6 Å². The standard InChI is InChI=1S/C10H12BrNO4S2/c1-12(2)9(14)6-18(15,16)5-8(13)10-7(11)3-4-17-10/h3-4H,5-6H2,1-2H3. The fraction of sp³-hybridized carbons (Fsp3) is 0.400. The molecule has 0 aliphatic rings. The molecule has 0 aromatic carbocycles. The number of carbonyl (C=O) groups excluding carboxylic acids is 2. The zero-order valence-corrected chi connectivity index (χ0v) is 13.1. The number of hydrogen-bond acceptors (Lipinski definition) is 5. The highest BCUT2D eigenvalue weighted by molar-refractivity contribution is 9.10. The predicted octanol–water partition coefficient (Wildman–Crippen LogP) is 1.20. The van der Waals surface area contributed by atoms with Crippen molar-refractivity contribution in [3.63, 3.8) is 0 Å². The molecule has 0 aliphatic carbocycles. The van der Waals surface area contributed by atoms with Gasteiger partial charge in [-0.2, -0.15) is 0 Å². The Balaban J connectivity index is 2.76. The minimum absolute atomic E-state index is 0.357. The average Bonchev–Trinajstić information content (AvgIpc) is 2.62. The van der Waals surface area contributed by atoms with Crippen molar-refractivity contribution >= 4 is 48.8 Å². The number of halogens is 1. The number of amides is 1. The van der Waals surface area contributed by atoms with Crippen LogP contribution in [0.4, 0.5) is 0 Å². The minimum atomic E-state index is -3.72. The summed E-state index contributed by atoms with van der Waals surface area (Å²) in [5.41, 5.74) is 0. The van der Waals surface area contributed by atoms with Crippen LogP contribution in [0.2, 0.25) is 0 Å². The molecular weight excluding hydrogens is 342 g/mol. The Hall–Kier alpha value is -0.730. The van der Waals surface area contributed by atoms with E-state index in [2.05, 4.69) is 15.9 Å². The summed E-state index contributed by atoms with van der Waals surface area (Å²) in [6.07, 6.45) is 0. The van der Waals surface area contributed by atoms with E-state index in [4.69, 9.17) is 0 Å². The van der Waals surface area contributed by atoms with Gasteiger partial charge in [0.25, 0.3) is 0 Å².